The largest absolute Gasteiger partial charge is 0.466 e. The topological polar surface area (TPSA) is 18.5 Å². The highest BCUT2D eigenvalue weighted by molar-refractivity contribution is 9.10. The van der Waals surface area contributed by atoms with Crippen molar-refractivity contribution >= 4 is 24.2 Å². The van der Waals surface area contributed by atoms with Crippen LogP contribution in [0.3, 0.4) is 0 Å². The van der Waals surface area contributed by atoms with E-state index in [1.807, 2.05) is 31.2 Å². The Balaban J connectivity index is 2.51. The predicted octanol–water partition coefficient (Wildman–Crippen LogP) is 4.03. The molecule has 0 aliphatic carbocycles. The summed E-state index contributed by atoms with van der Waals surface area (Å²) in [4.78, 5) is 0. The average Bonchev–Trinajstić information content (AvgIpc) is 2.05. The van der Waals surface area contributed by atoms with Crippen LogP contribution in [0.15, 0.2) is 28.7 Å². The van der Waals surface area contributed by atoms with Crippen LogP contribution in [0.5, 0.6) is 5.75 Å². The Bertz CT molecular complexity index is 305. The molecule has 0 aliphatic heterocycles. The van der Waals surface area contributed by atoms with Gasteiger partial charge in [-0.2, -0.15) is 0 Å². The molecule has 0 heterocycles. The summed E-state index contributed by atoms with van der Waals surface area (Å²) in [6.45, 7) is 8.37. The molecule has 15 heavy (non-hydrogen) atoms. The minimum absolute atomic E-state index is 0.183. The van der Waals surface area contributed by atoms with Crippen LogP contribution < -0.4 is 4.74 Å². The summed E-state index contributed by atoms with van der Waals surface area (Å²) in [7, 11) is -1.52. The molecule has 0 saturated heterocycles. The molecule has 1 atom stereocenters. The molecule has 1 rings (SSSR count). The molecule has 4 heteroatoms. The van der Waals surface area contributed by atoms with Crippen LogP contribution in [0.2, 0.25) is 19.6 Å². The van der Waals surface area contributed by atoms with Gasteiger partial charge in [-0.1, -0.05) is 15.9 Å². The van der Waals surface area contributed by atoms with Crippen molar-refractivity contribution in [3.63, 3.8) is 0 Å². The van der Waals surface area contributed by atoms with E-state index >= 15 is 0 Å². The molecule has 0 saturated carbocycles. The van der Waals surface area contributed by atoms with E-state index in [2.05, 4.69) is 35.6 Å². The molecule has 1 aromatic rings. The molecule has 0 spiro atoms. The van der Waals surface area contributed by atoms with Crippen molar-refractivity contribution in [1.29, 1.82) is 0 Å². The quantitative estimate of drug-likeness (QED) is 0.615. The fourth-order valence-corrected chi connectivity index (χ4v) is 2.53. The highest BCUT2D eigenvalue weighted by atomic mass is 79.9. The van der Waals surface area contributed by atoms with Gasteiger partial charge in [-0.15, -0.1) is 0 Å². The fourth-order valence-electron chi connectivity index (χ4n) is 1.23. The van der Waals surface area contributed by atoms with E-state index in [0.29, 0.717) is 0 Å². The van der Waals surface area contributed by atoms with Crippen LogP contribution >= 0.6 is 15.9 Å². The summed E-state index contributed by atoms with van der Waals surface area (Å²) in [5, 5.41) is 0. The van der Waals surface area contributed by atoms with Gasteiger partial charge in [0.15, 0.2) is 14.6 Å². The lowest BCUT2D eigenvalue weighted by Gasteiger charge is -2.24. The summed E-state index contributed by atoms with van der Waals surface area (Å²) >= 11 is 3.38. The maximum Gasteiger partial charge on any atom is 0.188 e. The normalized spacial score (nSPS) is 13.7. The van der Waals surface area contributed by atoms with Crippen molar-refractivity contribution in [2.75, 3.05) is 0 Å². The van der Waals surface area contributed by atoms with Gasteiger partial charge >= 0.3 is 0 Å². The maximum atomic E-state index is 5.78. The van der Waals surface area contributed by atoms with Crippen molar-refractivity contribution in [1.82, 2.24) is 0 Å². The zero-order chi connectivity index (χ0) is 11.5. The van der Waals surface area contributed by atoms with Crippen LogP contribution in [0.1, 0.15) is 6.92 Å². The van der Waals surface area contributed by atoms with E-state index in [0.717, 1.165) is 10.2 Å². The lowest BCUT2D eigenvalue weighted by molar-refractivity contribution is 0.0158. The third kappa shape index (κ3) is 5.35. The van der Waals surface area contributed by atoms with Crippen LogP contribution in [0, 0.1) is 0 Å². The number of halogens is 1. The summed E-state index contributed by atoms with van der Waals surface area (Å²) in [6, 6.07) is 7.76. The highest BCUT2D eigenvalue weighted by Crippen LogP contribution is 2.18. The van der Waals surface area contributed by atoms with E-state index in [-0.39, 0.29) is 6.29 Å². The Kier molecular flexibility index (Phi) is 4.37. The Morgan fingerprint density at radius 1 is 1.13 bits per heavy atom. The zero-order valence-electron chi connectivity index (χ0n) is 9.58. The first-order valence-corrected chi connectivity index (χ1v) is 9.17. The highest BCUT2D eigenvalue weighted by Gasteiger charge is 2.18. The van der Waals surface area contributed by atoms with Gasteiger partial charge in [0.2, 0.25) is 0 Å². The lowest BCUT2D eigenvalue weighted by Crippen LogP contribution is -2.33. The van der Waals surface area contributed by atoms with Gasteiger partial charge in [-0.25, -0.2) is 0 Å². The molecular formula is C11H17BrO2Si. The van der Waals surface area contributed by atoms with E-state index in [4.69, 9.17) is 9.16 Å². The predicted molar refractivity (Wildman–Crippen MR) is 68.7 cm³/mol. The van der Waals surface area contributed by atoms with Crippen molar-refractivity contribution < 1.29 is 9.16 Å². The number of benzene rings is 1. The second-order valence-electron chi connectivity index (χ2n) is 4.37. The molecule has 0 N–H and O–H groups in total. The molecule has 0 aromatic heterocycles. The van der Waals surface area contributed by atoms with Crippen LogP contribution in [-0.2, 0) is 4.43 Å². The van der Waals surface area contributed by atoms with Gasteiger partial charge in [0, 0.05) is 4.47 Å². The summed E-state index contributed by atoms with van der Waals surface area (Å²) in [5.74, 6) is 0.837. The molecule has 0 radical (unpaired) electrons. The van der Waals surface area contributed by atoms with Crippen molar-refractivity contribution in [3.05, 3.63) is 28.7 Å². The minimum atomic E-state index is -1.52. The third-order valence-corrected chi connectivity index (χ3v) is 3.20. The van der Waals surface area contributed by atoms with Gasteiger partial charge < -0.3 is 9.16 Å². The number of hydrogen-bond donors (Lipinski definition) is 0. The Hall–Kier alpha value is -0.323. The second-order valence-corrected chi connectivity index (χ2v) is 9.75. The van der Waals surface area contributed by atoms with E-state index < -0.39 is 8.32 Å². The molecule has 0 aliphatic rings. The van der Waals surface area contributed by atoms with Gasteiger partial charge in [-0.05, 0) is 50.8 Å². The standard InChI is InChI=1S/C11H17BrO2Si/c1-9(14-15(2,3)4)13-11-7-5-10(12)6-8-11/h5-9H,1-4H3. The molecule has 0 bridgehead atoms. The van der Waals surface area contributed by atoms with Gasteiger partial charge in [0.05, 0.1) is 0 Å². The first kappa shape index (κ1) is 12.7. The Morgan fingerprint density at radius 3 is 2.13 bits per heavy atom. The van der Waals surface area contributed by atoms with Crippen molar-refractivity contribution in [3.8, 4) is 5.75 Å². The maximum absolute atomic E-state index is 5.78. The van der Waals surface area contributed by atoms with E-state index in [1.54, 1.807) is 0 Å². The van der Waals surface area contributed by atoms with Gasteiger partial charge in [0.1, 0.15) is 5.75 Å². The summed E-state index contributed by atoms with van der Waals surface area (Å²) in [6.07, 6.45) is -0.183. The average molecular weight is 289 g/mol. The van der Waals surface area contributed by atoms with Gasteiger partial charge in [-0.3, -0.25) is 0 Å². The Morgan fingerprint density at radius 2 is 1.67 bits per heavy atom. The number of ether oxygens (including phenoxy) is 1. The molecule has 2 nitrogen and oxygen atoms in total. The van der Waals surface area contributed by atoms with Gasteiger partial charge in [0.25, 0.3) is 0 Å². The molecule has 1 aromatic carbocycles. The first-order valence-electron chi connectivity index (χ1n) is 4.97. The number of hydrogen-bond acceptors (Lipinski definition) is 2. The fraction of sp³-hybridized carbons (Fsp3) is 0.455. The third-order valence-electron chi connectivity index (χ3n) is 1.64. The first-order chi connectivity index (χ1) is 6.87. The second kappa shape index (κ2) is 5.14. The lowest BCUT2D eigenvalue weighted by atomic mass is 10.3. The molecule has 0 fully saturated rings. The molecule has 84 valence electrons. The van der Waals surface area contributed by atoms with Crippen molar-refractivity contribution in [2.24, 2.45) is 0 Å². The molecule has 1 unspecified atom stereocenters. The number of rotatable bonds is 4. The minimum Gasteiger partial charge on any atom is -0.466 e. The van der Waals surface area contributed by atoms with E-state index in [1.165, 1.54) is 0 Å². The molecular weight excluding hydrogens is 272 g/mol. The monoisotopic (exact) mass is 288 g/mol. The van der Waals surface area contributed by atoms with E-state index in [9.17, 15) is 0 Å². The SMILES string of the molecule is CC(Oc1ccc(Br)cc1)O[Si](C)(C)C. The Labute approximate surface area is 101 Å². The van der Waals surface area contributed by atoms with Crippen molar-refractivity contribution in [2.45, 2.75) is 32.9 Å². The van der Waals surface area contributed by atoms with Crippen LogP contribution in [-0.4, -0.2) is 14.6 Å². The zero-order valence-corrected chi connectivity index (χ0v) is 12.2. The smallest absolute Gasteiger partial charge is 0.188 e. The summed E-state index contributed by atoms with van der Waals surface area (Å²) < 4.78 is 12.5. The van der Waals surface area contributed by atoms with Crippen LogP contribution in [0.25, 0.3) is 0 Å². The molecule has 0 amide bonds. The van der Waals surface area contributed by atoms with Crippen LogP contribution in [0.4, 0.5) is 0 Å². The summed E-state index contributed by atoms with van der Waals surface area (Å²) in [5.41, 5.74) is 0.